The number of hydrogen-bond acceptors (Lipinski definition) is 5. The van der Waals surface area contributed by atoms with Crippen LogP contribution in [0.3, 0.4) is 0 Å². The number of aliphatic hydroxyl groups excluding tert-OH is 1. The fraction of sp³-hybridized carbons (Fsp3) is 0.714. The second-order valence-electron chi connectivity index (χ2n) is 3.29. The van der Waals surface area contributed by atoms with Gasteiger partial charge in [-0.1, -0.05) is 0 Å². The molecule has 0 radical (unpaired) electrons. The van der Waals surface area contributed by atoms with Crippen LogP contribution in [0.15, 0.2) is 0 Å². The average molecular weight is 189 g/mol. The quantitative estimate of drug-likeness (QED) is 0.373. The summed E-state index contributed by atoms with van der Waals surface area (Å²) < 4.78 is 0. The lowest BCUT2D eigenvalue weighted by molar-refractivity contribution is -0.169. The van der Waals surface area contributed by atoms with E-state index in [4.69, 9.17) is 15.9 Å². The Bertz CT molecular complexity index is 253. The molecule has 0 aromatic carbocycles. The Hall–Kier alpha value is -0.980. The lowest BCUT2D eigenvalue weighted by Crippen LogP contribution is -2.57. The molecule has 0 aliphatic heterocycles. The summed E-state index contributed by atoms with van der Waals surface area (Å²) in [6, 6.07) is -1.01. The predicted octanol–water partition coefficient (Wildman–Crippen LogP) is -2.15. The molecule has 0 heterocycles. The summed E-state index contributed by atoms with van der Waals surface area (Å²) in [5.74, 6) is -2.22. The van der Waals surface area contributed by atoms with Gasteiger partial charge in [0.25, 0.3) is 0 Å². The molecule has 1 rings (SSSR count). The van der Waals surface area contributed by atoms with Gasteiger partial charge in [-0.15, -0.1) is 0 Å². The first-order valence-electron chi connectivity index (χ1n) is 3.79. The van der Waals surface area contributed by atoms with Crippen molar-refractivity contribution >= 4 is 11.8 Å². The van der Waals surface area contributed by atoms with E-state index in [0.717, 1.165) is 0 Å². The highest BCUT2D eigenvalue weighted by molar-refractivity contribution is 5.92. The van der Waals surface area contributed by atoms with Crippen LogP contribution in [0.5, 0.6) is 0 Å². The second-order valence-corrected chi connectivity index (χ2v) is 3.29. The minimum Gasteiger partial charge on any atom is -0.479 e. The molecule has 13 heavy (non-hydrogen) atoms. The summed E-state index contributed by atoms with van der Waals surface area (Å²) in [6.45, 7) is 0. The number of ketones is 1. The molecule has 1 fully saturated rings. The molecule has 0 saturated heterocycles. The van der Waals surface area contributed by atoms with Crippen molar-refractivity contribution < 1.29 is 24.9 Å². The number of hydrogen-bond donors (Lipinski definition) is 4. The Morgan fingerprint density at radius 3 is 2.54 bits per heavy atom. The Kier molecular flexibility index (Phi) is 2.38. The van der Waals surface area contributed by atoms with Crippen LogP contribution >= 0.6 is 0 Å². The van der Waals surface area contributed by atoms with E-state index in [1.165, 1.54) is 0 Å². The van der Waals surface area contributed by atoms with Crippen LogP contribution in [0.25, 0.3) is 0 Å². The van der Waals surface area contributed by atoms with Gasteiger partial charge in [-0.3, -0.25) is 4.79 Å². The van der Waals surface area contributed by atoms with E-state index in [1.54, 1.807) is 0 Å². The van der Waals surface area contributed by atoms with Crippen LogP contribution in [-0.4, -0.2) is 44.8 Å². The first-order chi connectivity index (χ1) is 5.87. The van der Waals surface area contributed by atoms with Crippen molar-refractivity contribution in [1.82, 2.24) is 0 Å². The van der Waals surface area contributed by atoms with Crippen LogP contribution < -0.4 is 5.73 Å². The zero-order valence-electron chi connectivity index (χ0n) is 6.80. The highest BCUT2D eigenvalue weighted by Crippen LogP contribution is 2.25. The van der Waals surface area contributed by atoms with Crippen molar-refractivity contribution in [2.24, 2.45) is 5.73 Å². The van der Waals surface area contributed by atoms with E-state index in [-0.39, 0.29) is 6.42 Å². The van der Waals surface area contributed by atoms with Crippen LogP contribution in [-0.2, 0) is 9.59 Å². The molecule has 3 atom stereocenters. The number of rotatable bonds is 1. The molecule has 0 aromatic rings. The maximum absolute atomic E-state index is 11.0. The third kappa shape index (κ3) is 1.69. The minimum absolute atomic E-state index is 0.310. The minimum atomic E-state index is -2.12. The number of aliphatic hydroxyl groups is 2. The van der Waals surface area contributed by atoms with Crippen molar-refractivity contribution in [3.63, 3.8) is 0 Å². The van der Waals surface area contributed by atoms with Gasteiger partial charge < -0.3 is 21.1 Å². The van der Waals surface area contributed by atoms with Crippen LogP contribution in [0.2, 0.25) is 0 Å². The van der Waals surface area contributed by atoms with Gasteiger partial charge in [0.1, 0.15) is 6.10 Å². The van der Waals surface area contributed by atoms with Gasteiger partial charge >= 0.3 is 5.97 Å². The fourth-order valence-corrected chi connectivity index (χ4v) is 1.37. The highest BCUT2D eigenvalue weighted by atomic mass is 16.4. The van der Waals surface area contributed by atoms with Crippen LogP contribution in [0.1, 0.15) is 12.8 Å². The SMILES string of the molecule is NC1CC(O)(C(=O)O)CC(=O)C1O. The Morgan fingerprint density at radius 2 is 2.15 bits per heavy atom. The van der Waals surface area contributed by atoms with E-state index in [9.17, 15) is 14.7 Å². The largest absolute Gasteiger partial charge is 0.479 e. The molecule has 6 nitrogen and oxygen atoms in total. The average Bonchev–Trinajstić information content (AvgIpc) is 2.00. The predicted molar refractivity (Wildman–Crippen MR) is 40.8 cm³/mol. The standard InChI is InChI=1S/C7H11NO5/c8-3-1-7(13,6(11)12)2-4(9)5(3)10/h3,5,10,13H,1-2,8H2,(H,11,12). The van der Waals surface area contributed by atoms with Gasteiger partial charge in [0.2, 0.25) is 0 Å². The van der Waals surface area contributed by atoms with Crippen molar-refractivity contribution in [2.75, 3.05) is 0 Å². The Balaban J connectivity index is 2.85. The van der Waals surface area contributed by atoms with E-state index >= 15 is 0 Å². The molecule has 3 unspecified atom stereocenters. The lowest BCUT2D eigenvalue weighted by atomic mass is 9.80. The Morgan fingerprint density at radius 1 is 1.62 bits per heavy atom. The zero-order valence-corrected chi connectivity index (χ0v) is 6.80. The molecule has 0 bridgehead atoms. The molecule has 0 aromatic heterocycles. The van der Waals surface area contributed by atoms with Gasteiger partial charge in [0, 0.05) is 18.9 Å². The van der Waals surface area contributed by atoms with Gasteiger partial charge in [-0.2, -0.15) is 0 Å². The molecule has 1 aliphatic rings. The molecule has 0 amide bonds. The maximum atomic E-state index is 11.0. The second kappa shape index (κ2) is 3.06. The molecule has 74 valence electrons. The molecule has 1 aliphatic carbocycles. The summed E-state index contributed by atoms with van der Waals surface area (Å²) in [4.78, 5) is 21.5. The number of Topliss-reactive ketones (excluding diaryl/α,β-unsaturated/α-hetero) is 1. The van der Waals surface area contributed by atoms with Crippen LogP contribution in [0, 0.1) is 0 Å². The molecular weight excluding hydrogens is 178 g/mol. The fourth-order valence-electron chi connectivity index (χ4n) is 1.37. The first kappa shape index (κ1) is 10.1. The molecule has 5 N–H and O–H groups in total. The van der Waals surface area contributed by atoms with Gasteiger partial charge in [0.05, 0.1) is 0 Å². The van der Waals surface area contributed by atoms with Gasteiger partial charge in [0.15, 0.2) is 11.4 Å². The number of carbonyl (C=O) groups excluding carboxylic acids is 1. The maximum Gasteiger partial charge on any atom is 0.336 e. The van der Waals surface area contributed by atoms with Crippen molar-refractivity contribution in [3.05, 3.63) is 0 Å². The summed E-state index contributed by atoms with van der Waals surface area (Å²) in [5.41, 5.74) is 3.17. The number of carboxylic acid groups (broad SMARTS) is 1. The molecule has 1 saturated carbocycles. The van der Waals surface area contributed by atoms with E-state index < -0.39 is 35.9 Å². The molecule has 6 heteroatoms. The summed E-state index contributed by atoms with van der Waals surface area (Å²) in [5, 5.41) is 27.1. The topological polar surface area (TPSA) is 121 Å². The number of carboxylic acids is 1. The number of nitrogens with two attached hydrogens (primary N) is 1. The molecule has 0 spiro atoms. The van der Waals surface area contributed by atoms with E-state index in [0.29, 0.717) is 0 Å². The van der Waals surface area contributed by atoms with Crippen molar-refractivity contribution in [1.29, 1.82) is 0 Å². The smallest absolute Gasteiger partial charge is 0.336 e. The number of aliphatic carboxylic acids is 1. The van der Waals surface area contributed by atoms with E-state index in [2.05, 4.69) is 0 Å². The third-order valence-electron chi connectivity index (χ3n) is 2.17. The van der Waals surface area contributed by atoms with E-state index in [1.807, 2.05) is 0 Å². The monoisotopic (exact) mass is 189 g/mol. The van der Waals surface area contributed by atoms with Crippen molar-refractivity contribution in [3.8, 4) is 0 Å². The van der Waals surface area contributed by atoms with Gasteiger partial charge in [-0.25, -0.2) is 4.79 Å². The van der Waals surface area contributed by atoms with Gasteiger partial charge in [-0.05, 0) is 0 Å². The Labute approximate surface area is 74.0 Å². The molecular formula is C7H11NO5. The summed E-state index contributed by atoms with van der Waals surface area (Å²) in [7, 11) is 0. The summed E-state index contributed by atoms with van der Waals surface area (Å²) >= 11 is 0. The third-order valence-corrected chi connectivity index (χ3v) is 2.17. The van der Waals surface area contributed by atoms with Crippen molar-refractivity contribution in [2.45, 2.75) is 30.6 Å². The number of carbonyl (C=O) groups is 2. The normalized spacial score (nSPS) is 40.4. The first-order valence-corrected chi connectivity index (χ1v) is 3.79. The lowest BCUT2D eigenvalue weighted by Gasteiger charge is -2.33. The van der Waals surface area contributed by atoms with Crippen LogP contribution in [0.4, 0.5) is 0 Å². The highest BCUT2D eigenvalue weighted by Gasteiger charge is 2.47. The zero-order chi connectivity index (χ0) is 10.2. The summed E-state index contributed by atoms with van der Waals surface area (Å²) in [6.07, 6.45) is -2.26.